The molecule has 0 radical (unpaired) electrons. The van der Waals surface area contributed by atoms with Crippen molar-refractivity contribution in [3.63, 3.8) is 0 Å². The smallest absolute Gasteiger partial charge is 0.129 e. The predicted molar refractivity (Wildman–Crippen MR) is 30.3 cm³/mol. The van der Waals surface area contributed by atoms with E-state index in [-0.39, 0.29) is 6.10 Å². The molecule has 0 bridgehead atoms. The third-order valence-corrected chi connectivity index (χ3v) is 0.967. The van der Waals surface area contributed by atoms with Crippen LogP contribution in [0.4, 0.5) is 0 Å². The Balaban J connectivity index is 2.45. The standard InChI is InChI=1S/C6H10O2/c1-5-3-7-4-6(2)8-5/h3,6H,4H2,1-2H3. The zero-order chi connectivity index (χ0) is 5.98. The zero-order valence-electron chi connectivity index (χ0n) is 5.18. The molecule has 1 heterocycles. The molecule has 0 fully saturated rings. The SMILES string of the molecule is CC1=COCC(C)O1. The number of rotatable bonds is 0. The van der Waals surface area contributed by atoms with Gasteiger partial charge in [0.2, 0.25) is 0 Å². The Morgan fingerprint density at radius 3 is 2.88 bits per heavy atom. The summed E-state index contributed by atoms with van der Waals surface area (Å²) in [5.74, 6) is 0.865. The molecule has 0 aromatic carbocycles. The van der Waals surface area contributed by atoms with Crippen molar-refractivity contribution < 1.29 is 9.47 Å². The first kappa shape index (κ1) is 5.48. The summed E-state index contributed by atoms with van der Waals surface area (Å²) in [6.07, 6.45) is 1.86. The molecule has 1 unspecified atom stereocenters. The highest BCUT2D eigenvalue weighted by atomic mass is 16.6. The minimum absolute atomic E-state index is 0.222. The van der Waals surface area contributed by atoms with E-state index in [2.05, 4.69) is 0 Å². The third-order valence-electron chi connectivity index (χ3n) is 0.967. The van der Waals surface area contributed by atoms with Gasteiger partial charge in [-0.1, -0.05) is 0 Å². The van der Waals surface area contributed by atoms with Gasteiger partial charge in [-0.05, 0) is 13.8 Å². The largest absolute Gasteiger partial charge is 0.494 e. The summed E-state index contributed by atoms with van der Waals surface area (Å²) in [7, 11) is 0. The second kappa shape index (κ2) is 2.07. The van der Waals surface area contributed by atoms with Crippen molar-refractivity contribution in [1.29, 1.82) is 0 Å². The minimum atomic E-state index is 0.222. The third kappa shape index (κ3) is 1.15. The average Bonchev–Trinajstić information content (AvgIpc) is 1.64. The predicted octanol–water partition coefficient (Wildman–Crippen LogP) is 1.28. The van der Waals surface area contributed by atoms with Gasteiger partial charge in [0.15, 0.2) is 0 Å². The molecular weight excluding hydrogens is 104 g/mol. The first-order valence-corrected chi connectivity index (χ1v) is 2.74. The van der Waals surface area contributed by atoms with Crippen LogP contribution in [0.2, 0.25) is 0 Å². The molecule has 1 aliphatic heterocycles. The molecule has 46 valence electrons. The molecular formula is C6H10O2. The molecule has 0 saturated heterocycles. The van der Waals surface area contributed by atoms with Crippen LogP contribution in [0, 0.1) is 0 Å². The van der Waals surface area contributed by atoms with Gasteiger partial charge in [0.1, 0.15) is 24.7 Å². The van der Waals surface area contributed by atoms with Crippen LogP contribution in [0.1, 0.15) is 13.8 Å². The van der Waals surface area contributed by atoms with Gasteiger partial charge in [-0.2, -0.15) is 0 Å². The van der Waals surface area contributed by atoms with Gasteiger partial charge in [0, 0.05) is 0 Å². The van der Waals surface area contributed by atoms with Crippen molar-refractivity contribution in [2.75, 3.05) is 6.61 Å². The van der Waals surface area contributed by atoms with Crippen LogP contribution >= 0.6 is 0 Å². The summed E-state index contributed by atoms with van der Waals surface area (Å²) in [4.78, 5) is 0. The van der Waals surface area contributed by atoms with E-state index in [0.29, 0.717) is 6.61 Å². The molecule has 0 N–H and O–H groups in total. The lowest BCUT2D eigenvalue weighted by Gasteiger charge is -2.18. The Hall–Kier alpha value is -0.660. The maximum absolute atomic E-state index is 5.22. The molecule has 8 heavy (non-hydrogen) atoms. The van der Waals surface area contributed by atoms with Crippen LogP contribution in [0.3, 0.4) is 0 Å². The van der Waals surface area contributed by atoms with Gasteiger partial charge in [-0.15, -0.1) is 0 Å². The Labute approximate surface area is 49.1 Å². The van der Waals surface area contributed by atoms with Crippen molar-refractivity contribution in [2.45, 2.75) is 20.0 Å². The average molecular weight is 114 g/mol. The maximum Gasteiger partial charge on any atom is 0.129 e. The molecule has 0 aromatic heterocycles. The van der Waals surface area contributed by atoms with E-state index in [1.165, 1.54) is 0 Å². The fraction of sp³-hybridized carbons (Fsp3) is 0.667. The van der Waals surface area contributed by atoms with Crippen molar-refractivity contribution in [2.24, 2.45) is 0 Å². The fourth-order valence-corrected chi connectivity index (χ4v) is 0.680. The molecule has 0 amide bonds. The molecule has 2 nitrogen and oxygen atoms in total. The van der Waals surface area contributed by atoms with Gasteiger partial charge in [-0.3, -0.25) is 0 Å². The molecule has 0 spiro atoms. The molecule has 0 saturated carbocycles. The number of ether oxygens (including phenoxy) is 2. The number of hydrogen-bond donors (Lipinski definition) is 0. The van der Waals surface area contributed by atoms with Crippen LogP contribution < -0.4 is 0 Å². The summed E-state index contributed by atoms with van der Waals surface area (Å²) < 4.78 is 10.2. The molecule has 1 rings (SSSR count). The number of hydrogen-bond acceptors (Lipinski definition) is 2. The van der Waals surface area contributed by atoms with E-state index in [1.807, 2.05) is 13.8 Å². The van der Waals surface area contributed by atoms with E-state index in [0.717, 1.165) is 5.76 Å². The quantitative estimate of drug-likeness (QED) is 0.472. The van der Waals surface area contributed by atoms with Crippen LogP contribution in [0.15, 0.2) is 12.0 Å². The van der Waals surface area contributed by atoms with Crippen LogP contribution in [-0.4, -0.2) is 12.7 Å². The molecule has 1 aliphatic rings. The monoisotopic (exact) mass is 114 g/mol. The second-order valence-electron chi connectivity index (χ2n) is 1.99. The Morgan fingerprint density at radius 1 is 1.75 bits per heavy atom. The van der Waals surface area contributed by atoms with Gasteiger partial charge in [0.25, 0.3) is 0 Å². The second-order valence-corrected chi connectivity index (χ2v) is 1.99. The maximum atomic E-state index is 5.22. The van der Waals surface area contributed by atoms with Gasteiger partial charge >= 0.3 is 0 Å². The van der Waals surface area contributed by atoms with E-state index in [9.17, 15) is 0 Å². The first-order valence-electron chi connectivity index (χ1n) is 2.74. The molecule has 0 aliphatic carbocycles. The molecule has 2 heteroatoms. The van der Waals surface area contributed by atoms with Crippen molar-refractivity contribution in [1.82, 2.24) is 0 Å². The first-order chi connectivity index (χ1) is 3.79. The van der Waals surface area contributed by atoms with Gasteiger partial charge < -0.3 is 9.47 Å². The van der Waals surface area contributed by atoms with Crippen LogP contribution in [0.5, 0.6) is 0 Å². The Kier molecular flexibility index (Phi) is 1.42. The normalized spacial score (nSPS) is 27.8. The lowest BCUT2D eigenvalue weighted by Crippen LogP contribution is -2.17. The van der Waals surface area contributed by atoms with Gasteiger partial charge in [-0.25, -0.2) is 0 Å². The topological polar surface area (TPSA) is 18.5 Å². The summed E-state index contributed by atoms with van der Waals surface area (Å²) in [6.45, 7) is 4.55. The number of allylic oxidation sites excluding steroid dienone is 1. The summed E-state index contributed by atoms with van der Waals surface area (Å²) in [6, 6.07) is 0. The van der Waals surface area contributed by atoms with Crippen molar-refractivity contribution in [3.8, 4) is 0 Å². The van der Waals surface area contributed by atoms with E-state index >= 15 is 0 Å². The fourth-order valence-electron chi connectivity index (χ4n) is 0.680. The molecule has 0 aromatic rings. The van der Waals surface area contributed by atoms with E-state index < -0.39 is 0 Å². The minimum Gasteiger partial charge on any atom is -0.494 e. The lowest BCUT2D eigenvalue weighted by atomic mass is 10.4. The van der Waals surface area contributed by atoms with Crippen LogP contribution in [0.25, 0.3) is 0 Å². The lowest BCUT2D eigenvalue weighted by molar-refractivity contribution is 0.0248. The summed E-state index contributed by atoms with van der Waals surface area (Å²) >= 11 is 0. The van der Waals surface area contributed by atoms with Crippen molar-refractivity contribution in [3.05, 3.63) is 12.0 Å². The van der Waals surface area contributed by atoms with Gasteiger partial charge in [0.05, 0.1) is 0 Å². The highest BCUT2D eigenvalue weighted by Gasteiger charge is 2.07. The van der Waals surface area contributed by atoms with E-state index in [1.54, 1.807) is 6.26 Å². The van der Waals surface area contributed by atoms with E-state index in [4.69, 9.17) is 9.47 Å². The summed E-state index contributed by atoms with van der Waals surface area (Å²) in [5, 5.41) is 0. The summed E-state index contributed by atoms with van der Waals surface area (Å²) in [5.41, 5.74) is 0. The highest BCUT2D eigenvalue weighted by molar-refractivity contribution is 4.85. The zero-order valence-corrected chi connectivity index (χ0v) is 5.18. The Bertz CT molecular complexity index is 107. The van der Waals surface area contributed by atoms with Crippen molar-refractivity contribution >= 4 is 0 Å². The van der Waals surface area contributed by atoms with Crippen LogP contribution in [-0.2, 0) is 9.47 Å². The Morgan fingerprint density at radius 2 is 2.50 bits per heavy atom. The molecule has 1 atom stereocenters. The highest BCUT2D eigenvalue weighted by Crippen LogP contribution is 2.07.